The van der Waals surface area contributed by atoms with Crippen molar-refractivity contribution in [2.45, 2.75) is 0 Å². The Morgan fingerprint density at radius 1 is 0.619 bits per heavy atom. The molecule has 21 heavy (non-hydrogen) atoms. The largest absolute Gasteiger partial charge is 0.212 e. The number of nitrogens with zero attached hydrogens (tertiary/aromatic N) is 1. The van der Waals surface area contributed by atoms with Crippen molar-refractivity contribution < 1.29 is 4.57 Å². The average molecular weight is 270 g/mol. The molecular weight excluding hydrogens is 254 g/mol. The van der Waals surface area contributed by atoms with E-state index in [9.17, 15) is 0 Å². The summed E-state index contributed by atoms with van der Waals surface area (Å²) < 4.78 is 2.20. The van der Waals surface area contributed by atoms with E-state index in [4.69, 9.17) is 0 Å². The third kappa shape index (κ3) is 2.07. The maximum absolute atomic E-state index is 2.27. The first-order valence-electron chi connectivity index (χ1n) is 7.19. The molecule has 0 amide bonds. The molecule has 1 nitrogen and oxygen atoms in total. The average Bonchev–Trinajstić information content (AvgIpc) is 2.53. The van der Waals surface area contributed by atoms with Gasteiger partial charge in [0.15, 0.2) is 6.20 Å². The van der Waals surface area contributed by atoms with Crippen molar-refractivity contribution in [3.8, 4) is 11.3 Å². The van der Waals surface area contributed by atoms with Crippen LogP contribution in [0.5, 0.6) is 0 Å². The fraction of sp³-hybridized carbons (Fsp3) is 0.0500. The van der Waals surface area contributed by atoms with Gasteiger partial charge in [-0.15, -0.1) is 0 Å². The van der Waals surface area contributed by atoms with Crippen LogP contribution in [-0.4, -0.2) is 0 Å². The smallest absolute Gasteiger partial charge is 0.200 e. The Hall–Kier alpha value is -2.67. The molecule has 100 valence electrons. The first kappa shape index (κ1) is 12.1. The van der Waals surface area contributed by atoms with E-state index in [0.717, 1.165) is 0 Å². The Morgan fingerprint density at radius 3 is 1.95 bits per heavy atom. The van der Waals surface area contributed by atoms with Gasteiger partial charge in [-0.25, -0.2) is 4.57 Å². The minimum Gasteiger partial charge on any atom is -0.200 e. The van der Waals surface area contributed by atoms with Gasteiger partial charge in [0.1, 0.15) is 7.05 Å². The lowest BCUT2D eigenvalue weighted by atomic mass is 10.0. The maximum Gasteiger partial charge on any atom is 0.212 e. The van der Waals surface area contributed by atoms with Crippen LogP contribution >= 0.6 is 0 Å². The Labute approximate surface area is 124 Å². The van der Waals surface area contributed by atoms with E-state index in [1.807, 2.05) is 0 Å². The van der Waals surface area contributed by atoms with Gasteiger partial charge >= 0.3 is 0 Å². The Kier molecular flexibility index (Phi) is 2.71. The van der Waals surface area contributed by atoms with Gasteiger partial charge in [0.25, 0.3) is 0 Å². The highest BCUT2D eigenvalue weighted by atomic mass is 14.9. The number of hydrogen-bond acceptors (Lipinski definition) is 0. The molecule has 0 radical (unpaired) electrons. The number of hydrogen-bond donors (Lipinski definition) is 0. The van der Waals surface area contributed by atoms with Crippen LogP contribution in [0.1, 0.15) is 0 Å². The molecule has 0 saturated heterocycles. The molecule has 1 heteroatoms. The first-order valence-corrected chi connectivity index (χ1v) is 7.19. The zero-order valence-corrected chi connectivity index (χ0v) is 12.0. The van der Waals surface area contributed by atoms with E-state index in [1.54, 1.807) is 0 Å². The molecule has 0 aliphatic carbocycles. The highest BCUT2D eigenvalue weighted by Gasteiger charge is 2.11. The maximum atomic E-state index is 2.27. The fourth-order valence-corrected chi connectivity index (χ4v) is 2.94. The zero-order chi connectivity index (χ0) is 14.2. The fourth-order valence-electron chi connectivity index (χ4n) is 2.94. The molecule has 0 spiro atoms. The minimum atomic E-state index is 1.23. The van der Waals surface area contributed by atoms with Gasteiger partial charge in [-0.1, -0.05) is 42.5 Å². The lowest BCUT2D eigenvalue weighted by Gasteiger charge is -2.05. The van der Waals surface area contributed by atoms with Crippen molar-refractivity contribution in [1.82, 2.24) is 0 Å². The van der Waals surface area contributed by atoms with Gasteiger partial charge in [-0.2, -0.15) is 0 Å². The molecule has 4 rings (SSSR count). The molecule has 0 aliphatic heterocycles. The molecule has 1 aromatic heterocycles. The van der Waals surface area contributed by atoms with Crippen LogP contribution in [0.15, 0.2) is 79.0 Å². The van der Waals surface area contributed by atoms with Crippen molar-refractivity contribution in [3.63, 3.8) is 0 Å². The number of aromatic nitrogens is 1. The molecule has 0 atom stereocenters. The number of pyridine rings is 1. The van der Waals surface area contributed by atoms with Crippen LogP contribution in [0.4, 0.5) is 0 Å². The van der Waals surface area contributed by atoms with Crippen LogP contribution < -0.4 is 4.57 Å². The molecule has 4 aromatic rings. The number of fused-ring (bicyclic) bond motifs is 2. The van der Waals surface area contributed by atoms with E-state index in [0.29, 0.717) is 0 Å². The zero-order valence-electron chi connectivity index (χ0n) is 12.0. The second-order valence-electron chi connectivity index (χ2n) is 5.46. The molecule has 1 heterocycles. The van der Waals surface area contributed by atoms with E-state index in [2.05, 4.69) is 90.6 Å². The molecule has 3 aromatic carbocycles. The SMILES string of the molecule is C[n+]1cc2cc3ccccc3cc2cc1-c1ccccc1. The van der Waals surface area contributed by atoms with E-state index in [-0.39, 0.29) is 0 Å². The summed E-state index contributed by atoms with van der Waals surface area (Å²) >= 11 is 0. The van der Waals surface area contributed by atoms with Gasteiger partial charge in [0.2, 0.25) is 5.69 Å². The van der Waals surface area contributed by atoms with Crippen LogP contribution in [0.3, 0.4) is 0 Å². The van der Waals surface area contributed by atoms with Gasteiger partial charge in [-0.05, 0) is 40.4 Å². The summed E-state index contributed by atoms with van der Waals surface area (Å²) in [5.74, 6) is 0. The summed E-state index contributed by atoms with van der Waals surface area (Å²) in [6.07, 6.45) is 2.21. The van der Waals surface area contributed by atoms with Crippen molar-refractivity contribution in [2.24, 2.45) is 7.05 Å². The van der Waals surface area contributed by atoms with Crippen molar-refractivity contribution >= 4 is 21.5 Å². The molecular formula is C20H16N+. The second kappa shape index (κ2) is 4.71. The summed E-state index contributed by atoms with van der Waals surface area (Å²) in [6, 6.07) is 25.9. The summed E-state index contributed by atoms with van der Waals surface area (Å²) in [5.41, 5.74) is 2.48. The third-order valence-electron chi connectivity index (χ3n) is 4.03. The molecule has 0 saturated carbocycles. The topological polar surface area (TPSA) is 3.88 Å². The van der Waals surface area contributed by atoms with Crippen LogP contribution in [0.25, 0.3) is 32.8 Å². The number of benzene rings is 3. The van der Waals surface area contributed by atoms with Crippen LogP contribution in [-0.2, 0) is 7.05 Å². The first-order chi connectivity index (χ1) is 10.3. The summed E-state index contributed by atoms with van der Waals surface area (Å²) in [4.78, 5) is 0. The summed E-state index contributed by atoms with van der Waals surface area (Å²) in [5, 5.41) is 5.14. The second-order valence-corrected chi connectivity index (χ2v) is 5.46. The van der Waals surface area contributed by atoms with Gasteiger partial charge in [-0.3, -0.25) is 0 Å². The van der Waals surface area contributed by atoms with Gasteiger partial charge < -0.3 is 0 Å². The van der Waals surface area contributed by atoms with Crippen LogP contribution in [0, 0.1) is 0 Å². The van der Waals surface area contributed by atoms with Crippen molar-refractivity contribution in [1.29, 1.82) is 0 Å². The Bertz CT molecular complexity index is 940. The highest BCUT2D eigenvalue weighted by Crippen LogP contribution is 2.25. The van der Waals surface area contributed by atoms with Crippen LogP contribution in [0.2, 0.25) is 0 Å². The van der Waals surface area contributed by atoms with Crippen molar-refractivity contribution in [3.05, 3.63) is 79.0 Å². The normalized spacial score (nSPS) is 11.1. The van der Waals surface area contributed by atoms with Gasteiger partial charge in [0, 0.05) is 17.0 Å². The number of rotatable bonds is 1. The van der Waals surface area contributed by atoms with E-state index < -0.39 is 0 Å². The Balaban J connectivity index is 2.02. The summed E-state index contributed by atoms with van der Waals surface area (Å²) in [7, 11) is 2.11. The molecule has 0 aliphatic rings. The number of aryl methyl sites for hydroxylation is 1. The quantitative estimate of drug-likeness (QED) is 0.354. The van der Waals surface area contributed by atoms with Crippen molar-refractivity contribution in [2.75, 3.05) is 0 Å². The van der Waals surface area contributed by atoms with E-state index >= 15 is 0 Å². The molecule has 0 bridgehead atoms. The lowest BCUT2D eigenvalue weighted by molar-refractivity contribution is -0.659. The van der Waals surface area contributed by atoms with E-state index in [1.165, 1.54) is 32.8 Å². The minimum absolute atomic E-state index is 1.23. The molecule has 0 unspecified atom stereocenters. The third-order valence-corrected chi connectivity index (χ3v) is 4.03. The lowest BCUT2D eigenvalue weighted by Crippen LogP contribution is -2.30. The molecule has 0 fully saturated rings. The standard InChI is InChI=1S/C20H16N/c1-21-14-19-12-17-10-6-5-9-16(17)11-18(19)13-20(21)15-7-3-2-4-8-15/h2-14H,1H3/q+1. The Morgan fingerprint density at radius 2 is 1.24 bits per heavy atom. The predicted octanol–water partition coefficient (Wildman–Crippen LogP) is 4.48. The highest BCUT2D eigenvalue weighted by molar-refractivity contribution is 5.98. The molecule has 0 N–H and O–H groups in total. The summed E-state index contributed by atoms with van der Waals surface area (Å²) in [6.45, 7) is 0. The van der Waals surface area contributed by atoms with Gasteiger partial charge in [0.05, 0.1) is 0 Å². The monoisotopic (exact) mass is 270 g/mol. The predicted molar refractivity (Wildman–Crippen MR) is 88.1 cm³/mol.